The van der Waals surface area contributed by atoms with Crippen LogP contribution in [0.3, 0.4) is 0 Å². The van der Waals surface area contributed by atoms with Gasteiger partial charge in [-0.15, -0.1) is 0 Å². The second-order valence-electron chi connectivity index (χ2n) is 7.03. The summed E-state index contributed by atoms with van der Waals surface area (Å²) in [5.41, 5.74) is 0.692. The first-order valence-electron chi connectivity index (χ1n) is 9.83. The number of halogens is 1. The number of nitrogens with zero attached hydrogens (tertiary/aromatic N) is 2. The van der Waals surface area contributed by atoms with E-state index in [1.165, 1.54) is 35.4 Å². The molecule has 0 spiro atoms. The van der Waals surface area contributed by atoms with E-state index in [1.807, 2.05) is 0 Å². The Kier molecular flexibility index (Phi) is 5.81. The largest absolute Gasteiger partial charge is 0.507 e. The van der Waals surface area contributed by atoms with E-state index < -0.39 is 23.5 Å². The molecule has 1 atom stereocenters. The van der Waals surface area contributed by atoms with Crippen molar-refractivity contribution in [1.29, 1.82) is 0 Å². The Hall–Kier alpha value is -4.26. The lowest BCUT2D eigenvalue weighted by Crippen LogP contribution is -2.30. The summed E-state index contributed by atoms with van der Waals surface area (Å²) in [6, 6.07) is 15.9. The van der Waals surface area contributed by atoms with Crippen molar-refractivity contribution in [1.82, 2.24) is 4.98 Å². The summed E-state index contributed by atoms with van der Waals surface area (Å²) < 4.78 is 19.0. The molecule has 4 rings (SSSR count). The van der Waals surface area contributed by atoms with E-state index in [2.05, 4.69) is 11.6 Å². The lowest BCUT2D eigenvalue weighted by Gasteiger charge is -2.24. The second-order valence-corrected chi connectivity index (χ2v) is 7.03. The minimum Gasteiger partial charge on any atom is -0.507 e. The summed E-state index contributed by atoms with van der Waals surface area (Å²) in [5, 5.41) is 11.1. The minimum absolute atomic E-state index is 0.105. The smallest absolute Gasteiger partial charge is 0.301 e. The molecular weight excluding hydrogens is 411 g/mol. The number of aliphatic hydroxyl groups excluding tert-OH is 1. The highest BCUT2D eigenvalue weighted by Gasteiger charge is 2.47. The van der Waals surface area contributed by atoms with E-state index in [4.69, 9.17) is 4.74 Å². The fourth-order valence-corrected chi connectivity index (χ4v) is 3.55. The molecule has 160 valence electrons. The predicted molar refractivity (Wildman–Crippen MR) is 118 cm³/mol. The monoisotopic (exact) mass is 430 g/mol. The molecule has 3 aromatic rings. The number of aromatic nitrogens is 1. The third kappa shape index (κ3) is 3.88. The molecule has 32 heavy (non-hydrogen) atoms. The first kappa shape index (κ1) is 21.0. The Morgan fingerprint density at radius 1 is 1.09 bits per heavy atom. The Labute approximate surface area is 183 Å². The Bertz CT molecular complexity index is 1190. The third-order valence-electron chi connectivity index (χ3n) is 5.02. The summed E-state index contributed by atoms with van der Waals surface area (Å²) in [7, 11) is 0. The molecule has 0 radical (unpaired) electrons. The van der Waals surface area contributed by atoms with Crippen LogP contribution in [0.4, 0.5) is 10.2 Å². The van der Waals surface area contributed by atoms with Gasteiger partial charge >= 0.3 is 5.91 Å². The molecule has 0 unspecified atom stereocenters. The number of rotatable bonds is 6. The van der Waals surface area contributed by atoms with Crippen LogP contribution in [-0.4, -0.2) is 28.4 Å². The minimum atomic E-state index is -0.970. The molecule has 1 aliphatic heterocycles. The zero-order valence-corrected chi connectivity index (χ0v) is 16.9. The number of hydrogen-bond acceptors (Lipinski definition) is 5. The van der Waals surface area contributed by atoms with Gasteiger partial charge in [0, 0.05) is 11.8 Å². The van der Waals surface area contributed by atoms with E-state index in [0.29, 0.717) is 23.5 Å². The van der Waals surface area contributed by atoms with Gasteiger partial charge < -0.3 is 9.84 Å². The van der Waals surface area contributed by atoms with Gasteiger partial charge in [-0.1, -0.05) is 30.9 Å². The number of Topliss-reactive ketones (excluding diaryl/α,β-unsaturated/α-hetero) is 1. The number of aliphatic hydroxyl groups is 1. The van der Waals surface area contributed by atoms with Gasteiger partial charge in [0.25, 0.3) is 5.78 Å². The quantitative estimate of drug-likeness (QED) is 0.271. The van der Waals surface area contributed by atoms with Crippen LogP contribution in [0, 0.1) is 5.82 Å². The van der Waals surface area contributed by atoms with Gasteiger partial charge in [0.1, 0.15) is 29.8 Å². The van der Waals surface area contributed by atoms with Crippen LogP contribution in [0.25, 0.3) is 5.76 Å². The first-order chi connectivity index (χ1) is 15.5. The maximum atomic E-state index is 13.6. The maximum Gasteiger partial charge on any atom is 0.301 e. The lowest BCUT2D eigenvalue weighted by atomic mass is 9.95. The van der Waals surface area contributed by atoms with Gasteiger partial charge in [-0.3, -0.25) is 14.5 Å². The van der Waals surface area contributed by atoms with Crippen molar-refractivity contribution < 1.29 is 23.8 Å². The molecule has 6 nitrogen and oxygen atoms in total. The molecule has 0 aliphatic carbocycles. The van der Waals surface area contributed by atoms with Crippen LogP contribution in [0.2, 0.25) is 0 Å². The lowest BCUT2D eigenvalue weighted by molar-refractivity contribution is -0.132. The average Bonchev–Trinajstić information content (AvgIpc) is 3.09. The highest BCUT2D eigenvalue weighted by atomic mass is 19.1. The molecule has 1 N–H and O–H groups in total. The van der Waals surface area contributed by atoms with Crippen molar-refractivity contribution in [3.8, 4) is 5.75 Å². The maximum absolute atomic E-state index is 13.6. The molecule has 2 aromatic carbocycles. The van der Waals surface area contributed by atoms with E-state index in [-0.39, 0.29) is 17.2 Å². The van der Waals surface area contributed by atoms with Gasteiger partial charge in [-0.2, -0.15) is 0 Å². The van der Waals surface area contributed by atoms with Crippen LogP contribution in [0.5, 0.6) is 5.75 Å². The average molecular weight is 430 g/mol. The number of hydrogen-bond donors (Lipinski definition) is 1. The number of amides is 1. The van der Waals surface area contributed by atoms with Crippen molar-refractivity contribution in [2.24, 2.45) is 0 Å². The molecule has 0 bridgehead atoms. The van der Waals surface area contributed by atoms with Gasteiger partial charge in [0.2, 0.25) is 0 Å². The Morgan fingerprint density at radius 3 is 2.44 bits per heavy atom. The molecular formula is C25H19FN2O4. The summed E-state index contributed by atoms with van der Waals surface area (Å²) in [5.74, 6) is -1.67. The topological polar surface area (TPSA) is 79.7 Å². The zero-order valence-electron chi connectivity index (χ0n) is 16.9. The van der Waals surface area contributed by atoms with Crippen LogP contribution < -0.4 is 9.64 Å². The third-order valence-corrected chi connectivity index (χ3v) is 5.02. The molecule has 1 amide bonds. The number of carbonyl (C=O) groups is 2. The van der Waals surface area contributed by atoms with Crippen LogP contribution in [0.1, 0.15) is 17.2 Å². The number of ether oxygens (including phenoxy) is 1. The fourth-order valence-electron chi connectivity index (χ4n) is 3.55. The molecule has 1 fully saturated rings. The van der Waals surface area contributed by atoms with Gasteiger partial charge in [0.05, 0.1) is 11.6 Å². The van der Waals surface area contributed by atoms with E-state index in [0.717, 1.165) is 0 Å². The SMILES string of the molecule is C=CCOc1ccc(/C(O)=C2\C(=O)C(=O)N(c3ccccn3)[C@@H]2c2ccc(F)cc2)cc1. The van der Waals surface area contributed by atoms with Gasteiger partial charge in [-0.25, -0.2) is 9.37 Å². The molecule has 1 aromatic heterocycles. The normalized spacial score (nSPS) is 17.4. The van der Waals surface area contributed by atoms with Crippen LogP contribution >= 0.6 is 0 Å². The molecule has 1 aliphatic rings. The number of benzene rings is 2. The Balaban J connectivity index is 1.84. The van der Waals surface area contributed by atoms with E-state index >= 15 is 0 Å². The summed E-state index contributed by atoms with van der Waals surface area (Å²) in [6.45, 7) is 3.91. The van der Waals surface area contributed by atoms with Crippen molar-refractivity contribution in [2.45, 2.75) is 6.04 Å². The molecule has 1 saturated heterocycles. The summed E-state index contributed by atoms with van der Waals surface area (Å²) >= 11 is 0. The van der Waals surface area contributed by atoms with Gasteiger partial charge in [-0.05, 0) is 54.1 Å². The highest BCUT2D eigenvalue weighted by Crippen LogP contribution is 2.41. The highest BCUT2D eigenvalue weighted by molar-refractivity contribution is 6.51. The van der Waals surface area contributed by atoms with Gasteiger partial charge in [0.15, 0.2) is 0 Å². The fraction of sp³-hybridized carbons (Fsp3) is 0.0800. The zero-order chi connectivity index (χ0) is 22.7. The van der Waals surface area contributed by atoms with Crippen molar-refractivity contribution in [3.63, 3.8) is 0 Å². The number of ketones is 1. The van der Waals surface area contributed by atoms with Crippen molar-refractivity contribution in [2.75, 3.05) is 11.5 Å². The van der Waals surface area contributed by atoms with Crippen molar-refractivity contribution >= 4 is 23.3 Å². The predicted octanol–water partition coefficient (Wildman–Crippen LogP) is 4.41. The first-order valence-corrected chi connectivity index (χ1v) is 9.83. The summed E-state index contributed by atoms with van der Waals surface area (Å²) in [4.78, 5) is 31.4. The molecule has 2 heterocycles. The van der Waals surface area contributed by atoms with Crippen LogP contribution in [0.15, 0.2) is 91.2 Å². The summed E-state index contributed by atoms with van der Waals surface area (Å²) in [6.07, 6.45) is 3.11. The standard InChI is InChI=1S/C25H19FN2O4/c1-2-15-32-19-12-8-17(9-13-19)23(29)21-22(16-6-10-18(26)11-7-16)28(25(31)24(21)30)20-5-3-4-14-27-20/h2-14,22,29H,1,15H2/b23-21+/t22-/m1/s1. The number of pyridine rings is 1. The second kappa shape index (κ2) is 8.85. The number of carbonyl (C=O) groups excluding carboxylic acids is 2. The molecule has 7 heteroatoms. The van der Waals surface area contributed by atoms with E-state index in [9.17, 15) is 19.1 Å². The Morgan fingerprint density at radius 2 is 1.81 bits per heavy atom. The van der Waals surface area contributed by atoms with E-state index in [1.54, 1.807) is 48.5 Å². The van der Waals surface area contributed by atoms with Crippen molar-refractivity contribution in [3.05, 3.63) is 108 Å². The molecule has 0 saturated carbocycles. The van der Waals surface area contributed by atoms with Crippen LogP contribution in [-0.2, 0) is 9.59 Å². The number of anilines is 1.